The summed E-state index contributed by atoms with van der Waals surface area (Å²) in [5.41, 5.74) is 0.124. The molecule has 0 atom stereocenters. The van der Waals surface area contributed by atoms with Crippen LogP contribution in [0.25, 0.3) is 0 Å². The van der Waals surface area contributed by atoms with Gasteiger partial charge in [0.25, 0.3) is 5.91 Å². The molecule has 1 aromatic carbocycles. The predicted molar refractivity (Wildman–Crippen MR) is 68.5 cm³/mol. The monoisotopic (exact) mass is 264 g/mol. The van der Waals surface area contributed by atoms with Crippen molar-refractivity contribution in [1.29, 1.82) is 0 Å². The number of carboxylic acid groups (broad SMARTS) is 1. The van der Waals surface area contributed by atoms with Crippen molar-refractivity contribution in [2.75, 3.05) is 33.2 Å². The van der Waals surface area contributed by atoms with Gasteiger partial charge in [0.2, 0.25) is 0 Å². The second kappa shape index (κ2) is 5.27. The van der Waals surface area contributed by atoms with Gasteiger partial charge in [-0.05, 0) is 25.2 Å². The fourth-order valence-corrected chi connectivity index (χ4v) is 2.05. The number of carbonyl (C=O) groups excluding carboxylic acids is 1. The van der Waals surface area contributed by atoms with Crippen molar-refractivity contribution in [2.24, 2.45) is 0 Å². The van der Waals surface area contributed by atoms with Gasteiger partial charge in [0.05, 0.1) is 5.56 Å². The highest BCUT2D eigenvalue weighted by molar-refractivity contribution is 5.98. The Kier molecular flexibility index (Phi) is 3.71. The van der Waals surface area contributed by atoms with E-state index in [0.29, 0.717) is 13.1 Å². The summed E-state index contributed by atoms with van der Waals surface area (Å²) < 4.78 is 0. The van der Waals surface area contributed by atoms with E-state index in [9.17, 15) is 14.7 Å². The third kappa shape index (κ3) is 3.03. The molecule has 19 heavy (non-hydrogen) atoms. The Morgan fingerprint density at radius 2 is 1.63 bits per heavy atom. The average Bonchev–Trinajstić information content (AvgIpc) is 2.38. The smallest absolute Gasteiger partial charge is 0.335 e. The number of amides is 1. The molecule has 1 heterocycles. The van der Waals surface area contributed by atoms with Crippen molar-refractivity contribution in [3.05, 3.63) is 29.3 Å². The summed E-state index contributed by atoms with van der Waals surface area (Å²) in [4.78, 5) is 26.9. The topological polar surface area (TPSA) is 81.1 Å². The number of nitrogens with zero attached hydrogens (tertiary/aromatic N) is 2. The zero-order chi connectivity index (χ0) is 14.0. The van der Waals surface area contributed by atoms with E-state index in [1.165, 1.54) is 12.1 Å². The summed E-state index contributed by atoms with van der Waals surface area (Å²) in [6, 6.07) is 3.72. The summed E-state index contributed by atoms with van der Waals surface area (Å²) in [6.07, 6.45) is 0. The zero-order valence-corrected chi connectivity index (χ0v) is 10.7. The van der Waals surface area contributed by atoms with Crippen molar-refractivity contribution in [3.8, 4) is 5.75 Å². The molecule has 0 aromatic heterocycles. The van der Waals surface area contributed by atoms with Gasteiger partial charge >= 0.3 is 5.97 Å². The molecule has 0 radical (unpaired) electrons. The zero-order valence-electron chi connectivity index (χ0n) is 10.7. The van der Waals surface area contributed by atoms with Gasteiger partial charge in [0.15, 0.2) is 0 Å². The fraction of sp³-hybridized carbons (Fsp3) is 0.385. The highest BCUT2D eigenvalue weighted by Gasteiger charge is 2.21. The number of likely N-dealkylation sites (N-methyl/N-ethyl adjacent to an activating group) is 1. The molecule has 1 aromatic rings. The fourth-order valence-electron chi connectivity index (χ4n) is 2.05. The lowest BCUT2D eigenvalue weighted by molar-refractivity contribution is 0.0663. The number of rotatable bonds is 2. The first-order chi connectivity index (χ1) is 8.97. The van der Waals surface area contributed by atoms with E-state index in [-0.39, 0.29) is 22.8 Å². The molecular weight excluding hydrogens is 248 g/mol. The normalized spacial score (nSPS) is 16.4. The standard InChI is InChI=1S/C13H16N2O4/c1-14-2-4-15(5-3-14)12(17)9-6-10(13(18)19)8-11(16)7-9/h6-8,16H,2-5H2,1H3,(H,18,19). The van der Waals surface area contributed by atoms with E-state index in [4.69, 9.17) is 5.11 Å². The minimum atomic E-state index is -1.16. The maximum absolute atomic E-state index is 12.2. The summed E-state index contributed by atoms with van der Waals surface area (Å²) in [7, 11) is 1.98. The minimum absolute atomic E-state index is 0.0857. The molecule has 0 aliphatic carbocycles. The van der Waals surface area contributed by atoms with Crippen molar-refractivity contribution in [3.63, 3.8) is 0 Å². The van der Waals surface area contributed by atoms with Gasteiger partial charge in [0, 0.05) is 31.7 Å². The van der Waals surface area contributed by atoms with Crippen molar-refractivity contribution in [2.45, 2.75) is 0 Å². The van der Waals surface area contributed by atoms with Crippen molar-refractivity contribution >= 4 is 11.9 Å². The van der Waals surface area contributed by atoms with Crippen LogP contribution in [-0.4, -0.2) is 65.1 Å². The van der Waals surface area contributed by atoms with E-state index < -0.39 is 5.97 Å². The maximum Gasteiger partial charge on any atom is 0.335 e. The summed E-state index contributed by atoms with van der Waals surface area (Å²) in [5.74, 6) is -1.62. The van der Waals surface area contributed by atoms with Crippen LogP contribution in [0.2, 0.25) is 0 Å². The van der Waals surface area contributed by atoms with Gasteiger partial charge in [-0.25, -0.2) is 4.79 Å². The third-order valence-electron chi connectivity index (χ3n) is 3.20. The molecular formula is C13H16N2O4. The molecule has 2 rings (SSSR count). The molecule has 1 aliphatic rings. The molecule has 1 amide bonds. The predicted octanol–water partition coefficient (Wildman–Crippen LogP) is 0.478. The molecule has 0 spiro atoms. The van der Waals surface area contributed by atoms with Crippen molar-refractivity contribution < 1.29 is 19.8 Å². The molecule has 1 aliphatic heterocycles. The third-order valence-corrected chi connectivity index (χ3v) is 3.20. The number of hydrogen-bond acceptors (Lipinski definition) is 4. The number of phenolic OH excluding ortho intramolecular Hbond substituents is 1. The SMILES string of the molecule is CN1CCN(C(=O)c2cc(O)cc(C(=O)O)c2)CC1. The van der Waals surface area contributed by atoms with Gasteiger partial charge in [-0.1, -0.05) is 0 Å². The minimum Gasteiger partial charge on any atom is -0.508 e. The molecule has 0 saturated carbocycles. The Balaban J connectivity index is 2.21. The highest BCUT2D eigenvalue weighted by Crippen LogP contribution is 2.18. The lowest BCUT2D eigenvalue weighted by atomic mass is 10.1. The number of carboxylic acids is 1. The van der Waals surface area contributed by atoms with Crippen LogP contribution in [0.3, 0.4) is 0 Å². The van der Waals surface area contributed by atoms with Gasteiger partial charge < -0.3 is 20.0 Å². The molecule has 6 nitrogen and oxygen atoms in total. The Bertz CT molecular complexity index is 507. The maximum atomic E-state index is 12.2. The molecule has 0 unspecified atom stereocenters. The molecule has 102 valence electrons. The number of carbonyl (C=O) groups is 2. The number of aromatic carboxylic acids is 1. The summed E-state index contributed by atoms with van der Waals surface area (Å²) in [5, 5.41) is 18.4. The van der Waals surface area contributed by atoms with Crippen LogP contribution in [-0.2, 0) is 0 Å². The second-order valence-electron chi connectivity index (χ2n) is 4.67. The quantitative estimate of drug-likeness (QED) is 0.812. The van der Waals surface area contributed by atoms with Crippen LogP contribution in [0.15, 0.2) is 18.2 Å². The van der Waals surface area contributed by atoms with Gasteiger partial charge in [-0.2, -0.15) is 0 Å². The Hall–Kier alpha value is -2.08. The van der Waals surface area contributed by atoms with E-state index in [0.717, 1.165) is 19.2 Å². The Morgan fingerprint density at radius 3 is 2.21 bits per heavy atom. The van der Waals surface area contributed by atoms with Gasteiger partial charge in [-0.3, -0.25) is 4.79 Å². The van der Waals surface area contributed by atoms with Crippen LogP contribution in [0, 0.1) is 0 Å². The molecule has 6 heteroatoms. The van der Waals surface area contributed by atoms with E-state index in [1.54, 1.807) is 4.90 Å². The molecule has 1 fully saturated rings. The lowest BCUT2D eigenvalue weighted by Gasteiger charge is -2.32. The van der Waals surface area contributed by atoms with Crippen LogP contribution in [0.5, 0.6) is 5.75 Å². The second-order valence-corrected chi connectivity index (χ2v) is 4.67. The van der Waals surface area contributed by atoms with Gasteiger partial charge in [-0.15, -0.1) is 0 Å². The Morgan fingerprint density at radius 1 is 1.05 bits per heavy atom. The first-order valence-electron chi connectivity index (χ1n) is 6.02. The van der Waals surface area contributed by atoms with Crippen LogP contribution in [0.1, 0.15) is 20.7 Å². The largest absolute Gasteiger partial charge is 0.508 e. The summed E-state index contributed by atoms with van der Waals surface area (Å²) in [6.45, 7) is 2.79. The number of phenols is 1. The first kappa shape index (κ1) is 13.4. The lowest BCUT2D eigenvalue weighted by Crippen LogP contribution is -2.47. The molecule has 1 saturated heterocycles. The highest BCUT2D eigenvalue weighted by atomic mass is 16.4. The number of hydrogen-bond donors (Lipinski definition) is 2. The van der Waals surface area contributed by atoms with Crippen molar-refractivity contribution in [1.82, 2.24) is 9.80 Å². The van der Waals surface area contributed by atoms with Crippen LogP contribution >= 0.6 is 0 Å². The molecule has 2 N–H and O–H groups in total. The first-order valence-corrected chi connectivity index (χ1v) is 6.02. The molecule has 0 bridgehead atoms. The van der Waals surface area contributed by atoms with Crippen LogP contribution in [0.4, 0.5) is 0 Å². The van der Waals surface area contributed by atoms with Crippen LogP contribution < -0.4 is 0 Å². The van der Waals surface area contributed by atoms with E-state index in [2.05, 4.69) is 4.90 Å². The number of aromatic hydroxyl groups is 1. The van der Waals surface area contributed by atoms with E-state index >= 15 is 0 Å². The average molecular weight is 264 g/mol. The Labute approximate surface area is 110 Å². The van der Waals surface area contributed by atoms with Gasteiger partial charge in [0.1, 0.15) is 5.75 Å². The van der Waals surface area contributed by atoms with E-state index in [1.807, 2.05) is 7.05 Å². The number of piperazine rings is 1. The number of benzene rings is 1. The summed E-state index contributed by atoms with van der Waals surface area (Å²) >= 11 is 0.